The number of nitrogens with two attached hydrogens (primary N) is 1. The topological polar surface area (TPSA) is 75.4 Å². The second kappa shape index (κ2) is 5.00. The number of carbonyl (C=O) groups is 2. The molecule has 0 radical (unpaired) electrons. The van der Waals surface area contributed by atoms with Gasteiger partial charge in [0.25, 0.3) is 0 Å². The van der Waals surface area contributed by atoms with Gasteiger partial charge < -0.3 is 16.0 Å². The predicted molar refractivity (Wildman–Crippen MR) is 69.4 cm³/mol. The quantitative estimate of drug-likeness (QED) is 0.700. The molecule has 1 saturated heterocycles. The first kappa shape index (κ1) is 13.9. The molecule has 1 rings (SSSR count). The third kappa shape index (κ3) is 2.57. The molecule has 1 unspecified atom stereocenters. The summed E-state index contributed by atoms with van der Waals surface area (Å²) in [4.78, 5) is 25.7. The van der Waals surface area contributed by atoms with E-state index in [1.807, 2.05) is 0 Å². The van der Waals surface area contributed by atoms with Crippen LogP contribution < -0.4 is 11.1 Å². The van der Waals surface area contributed by atoms with Crippen molar-refractivity contribution in [1.29, 1.82) is 0 Å². The summed E-state index contributed by atoms with van der Waals surface area (Å²) in [7, 11) is 1.57. The lowest BCUT2D eigenvalue weighted by molar-refractivity contribution is -0.142. The Labute approximate surface area is 107 Å². The maximum Gasteiger partial charge on any atom is 0.242 e. The first-order valence-electron chi connectivity index (χ1n) is 5.65. The van der Waals surface area contributed by atoms with Gasteiger partial charge in [-0.1, -0.05) is 12.2 Å². The number of carbonyl (C=O) groups excluding carboxylic acids is 2. The van der Waals surface area contributed by atoms with Crippen molar-refractivity contribution in [3.05, 3.63) is 0 Å². The van der Waals surface area contributed by atoms with Crippen LogP contribution in [0.15, 0.2) is 0 Å². The fourth-order valence-electron chi connectivity index (χ4n) is 1.91. The Bertz CT molecular complexity index is 355. The number of hydrogen-bond donors (Lipinski definition) is 2. The number of nitrogens with one attached hydrogen (secondary N) is 1. The van der Waals surface area contributed by atoms with E-state index in [1.165, 1.54) is 0 Å². The molecule has 1 heterocycles. The molecule has 3 N–H and O–H groups in total. The van der Waals surface area contributed by atoms with Crippen LogP contribution in [0.5, 0.6) is 0 Å². The van der Waals surface area contributed by atoms with E-state index in [2.05, 4.69) is 5.32 Å². The normalized spacial score (nSPS) is 20.2. The lowest BCUT2D eigenvalue weighted by Gasteiger charge is -2.31. The zero-order valence-corrected chi connectivity index (χ0v) is 11.3. The summed E-state index contributed by atoms with van der Waals surface area (Å²) in [6, 6.07) is -0.388. The van der Waals surface area contributed by atoms with Crippen molar-refractivity contribution >= 4 is 29.0 Å². The number of amides is 2. The Hall–Kier alpha value is -1.17. The van der Waals surface area contributed by atoms with Gasteiger partial charge in [0.2, 0.25) is 11.8 Å². The molecule has 0 aromatic carbocycles. The van der Waals surface area contributed by atoms with Crippen LogP contribution in [-0.4, -0.2) is 41.3 Å². The summed E-state index contributed by atoms with van der Waals surface area (Å²) in [5.74, 6) is -0.300. The van der Waals surface area contributed by atoms with Crippen LogP contribution in [0.2, 0.25) is 0 Å². The fourth-order valence-corrected chi connectivity index (χ4v) is 2.00. The Kier molecular flexibility index (Phi) is 4.08. The second-order valence-corrected chi connectivity index (χ2v) is 5.20. The highest BCUT2D eigenvalue weighted by Gasteiger charge is 2.41. The lowest BCUT2D eigenvalue weighted by Crippen LogP contribution is -2.52. The van der Waals surface area contributed by atoms with E-state index in [1.54, 1.807) is 25.8 Å². The molecule has 5 nitrogen and oxygen atoms in total. The van der Waals surface area contributed by atoms with Gasteiger partial charge in [0.05, 0.1) is 10.4 Å². The van der Waals surface area contributed by atoms with Crippen molar-refractivity contribution in [3.63, 3.8) is 0 Å². The Morgan fingerprint density at radius 2 is 2.06 bits per heavy atom. The average molecular weight is 257 g/mol. The molecule has 2 amide bonds. The molecule has 96 valence electrons. The van der Waals surface area contributed by atoms with Gasteiger partial charge in [-0.25, -0.2) is 0 Å². The van der Waals surface area contributed by atoms with Crippen LogP contribution in [0.3, 0.4) is 0 Å². The summed E-state index contributed by atoms with van der Waals surface area (Å²) >= 11 is 4.91. The van der Waals surface area contributed by atoms with Gasteiger partial charge in [0, 0.05) is 13.6 Å². The molecule has 0 saturated carbocycles. The molecule has 1 fully saturated rings. The average Bonchev–Trinajstić information content (AvgIpc) is 2.75. The second-order valence-electron chi connectivity index (χ2n) is 4.76. The summed E-state index contributed by atoms with van der Waals surface area (Å²) < 4.78 is 0. The van der Waals surface area contributed by atoms with Crippen molar-refractivity contribution in [3.8, 4) is 0 Å². The molecule has 1 aliphatic rings. The van der Waals surface area contributed by atoms with Gasteiger partial charge in [-0.2, -0.15) is 0 Å². The summed E-state index contributed by atoms with van der Waals surface area (Å²) in [5, 5.41) is 2.58. The van der Waals surface area contributed by atoms with Crippen molar-refractivity contribution in [2.45, 2.75) is 32.7 Å². The molecule has 0 aliphatic carbocycles. The van der Waals surface area contributed by atoms with Crippen molar-refractivity contribution in [2.24, 2.45) is 11.1 Å². The minimum absolute atomic E-state index is 0.130. The number of likely N-dealkylation sites (N-methyl/N-ethyl adjacent to an activating group) is 1. The molecule has 6 heteroatoms. The number of thiocarbonyl (C=S) groups is 1. The molecular weight excluding hydrogens is 238 g/mol. The van der Waals surface area contributed by atoms with Crippen molar-refractivity contribution in [1.82, 2.24) is 10.2 Å². The Morgan fingerprint density at radius 3 is 2.53 bits per heavy atom. The highest BCUT2D eigenvalue weighted by molar-refractivity contribution is 7.80. The zero-order chi connectivity index (χ0) is 13.2. The van der Waals surface area contributed by atoms with Crippen LogP contribution in [0.1, 0.15) is 26.7 Å². The third-order valence-electron chi connectivity index (χ3n) is 3.21. The van der Waals surface area contributed by atoms with Gasteiger partial charge >= 0.3 is 0 Å². The first-order valence-corrected chi connectivity index (χ1v) is 6.05. The number of hydrogen-bond acceptors (Lipinski definition) is 3. The van der Waals surface area contributed by atoms with E-state index in [0.717, 1.165) is 6.42 Å². The van der Waals surface area contributed by atoms with Gasteiger partial charge in [-0.15, -0.1) is 0 Å². The van der Waals surface area contributed by atoms with Crippen molar-refractivity contribution in [2.75, 3.05) is 13.6 Å². The predicted octanol–water partition coefficient (Wildman–Crippen LogP) is 0.0357. The first-order chi connectivity index (χ1) is 7.82. The maximum atomic E-state index is 12.3. The van der Waals surface area contributed by atoms with Crippen LogP contribution >= 0.6 is 12.2 Å². The molecule has 0 spiro atoms. The molecule has 17 heavy (non-hydrogen) atoms. The Balaban J connectivity index is 2.89. The van der Waals surface area contributed by atoms with Gasteiger partial charge in [-0.3, -0.25) is 9.59 Å². The van der Waals surface area contributed by atoms with Gasteiger partial charge in [-0.05, 0) is 26.7 Å². The SMILES string of the molecule is CNC(=O)C1CCCN1C(=O)C(C)(C)C(N)=S. The molecule has 1 aliphatic heterocycles. The van der Waals surface area contributed by atoms with Crippen LogP contribution in [0, 0.1) is 5.41 Å². The molecule has 1 atom stereocenters. The maximum absolute atomic E-state index is 12.3. The standard InChI is InChI=1S/C11H19N3O2S/c1-11(2,9(12)17)10(16)14-6-4-5-7(14)8(15)13-3/h7H,4-6H2,1-3H3,(H2,12,17)(H,13,15). The van der Waals surface area contributed by atoms with Gasteiger partial charge in [0.1, 0.15) is 6.04 Å². The largest absolute Gasteiger partial charge is 0.392 e. The van der Waals surface area contributed by atoms with E-state index in [9.17, 15) is 9.59 Å². The molecule has 0 aromatic heterocycles. The molecule has 0 aromatic rings. The van der Waals surface area contributed by atoms with E-state index >= 15 is 0 Å². The van der Waals surface area contributed by atoms with E-state index in [-0.39, 0.29) is 22.8 Å². The van der Waals surface area contributed by atoms with Crippen LogP contribution in [-0.2, 0) is 9.59 Å². The van der Waals surface area contributed by atoms with Gasteiger partial charge in [0.15, 0.2) is 0 Å². The summed E-state index contributed by atoms with van der Waals surface area (Å²) in [5.41, 5.74) is 4.68. The molecular formula is C11H19N3O2S. The van der Waals surface area contributed by atoms with E-state index in [4.69, 9.17) is 18.0 Å². The zero-order valence-electron chi connectivity index (χ0n) is 10.4. The molecule has 0 bridgehead atoms. The number of nitrogens with zero attached hydrogens (tertiary/aromatic N) is 1. The van der Waals surface area contributed by atoms with Crippen molar-refractivity contribution < 1.29 is 9.59 Å². The summed E-state index contributed by atoms with van der Waals surface area (Å²) in [6.07, 6.45) is 1.52. The highest BCUT2D eigenvalue weighted by atomic mass is 32.1. The minimum atomic E-state index is -0.897. The minimum Gasteiger partial charge on any atom is -0.392 e. The Morgan fingerprint density at radius 1 is 1.47 bits per heavy atom. The van der Waals surface area contributed by atoms with Crippen LogP contribution in [0.25, 0.3) is 0 Å². The summed E-state index contributed by atoms with van der Waals surface area (Å²) in [6.45, 7) is 3.97. The highest BCUT2D eigenvalue weighted by Crippen LogP contribution is 2.26. The monoisotopic (exact) mass is 257 g/mol. The van der Waals surface area contributed by atoms with E-state index in [0.29, 0.717) is 13.0 Å². The number of likely N-dealkylation sites (tertiary alicyclic amines) is 1. The fraction of sp³-hybridized carbons (Fsp3) is 0.727. The van der Waals surface area contributed by atoms with Crippen LogP contribution in [0.4, 0.5) is 0 Å². The number of rotatable bonds is 3. The smallest absolute Gasteiger partial charge is 0.242 e. The van der Waals surface area contributed by atoms with E-state index < -0.39 is 5.41 Å². The third-order valence-corrected chi connectivity index (χ3v) is 3.72. The lowest BCUT2D eigenvalue weighted by atomic mass is 9.91.